The van der Waals surface area contributed by atoms with Gasteiger partial charge in [0, 0.05) is 10.6 Å². The van der Waals surface area contributed by atoms with Gasteiger partial charge >= 0.3 is 5.97 Å². The molecule has 1 aliphatic heterocycles. The van der Waals surface area contributed by atoms with Crippen LogP contribution in [0, 0.1) is 6.92 Å². The molecule has 1 aromatic carbocycles. The quantitative estimate of drug-likeness (QED) is 0.857. The summed E-state index contributed by atoms with van der Waals surface area (Å²) < 4.78 is 0. The Hall–Kier alpha value is -1.07. The summed E-state index contributed by atoms with van der Waals surface area (Å²) in [5.74, 6) is 0.358. The van der Waals surface area contributed by atoms with E-state index in [4.69, 9.17) is 5.11 Å². The van der Waals surface area contributed by atoms with Gasteiger partial charge in [-0.15, -0.1) is 0 Å². The summed E-state index contributed by atoms with van der Waals surface area (Å²) in [4.78, 5) is 12.3. The summed E-state index contributed by atoms with van der Waals surface area (Å²) in [6.45, 7) is 5.91. The van der Waals surface area contributed by atoms with Gasteiger partial charge in [-0.2, -0.15) is 11.8 Å². The third-order valence-corrected chi connectivity index (χ3v) is 4.31. The largest absolute Gasteiger partial charge is 0.477 e. The second-order valence-corrected chi connectivity index (χ2v) is 6.27. The van der Waals surface area contributed by atoms with E-state index in [0.717, 1.165) is 16.1 Å². The topological polar surface area (TPSA) is 49.3 Å². The maximum Gasteiger partial charge on any atom is 0.344 e. The number of carboxylic acids is 1. The average Bonchev–Trinajstić information content (AvgIpc) is 2.38. The van der Waals surface area contributed by atoms with Crippen molar-refractivity contribution in [3.8, 4) is 0 Å². The highest BCUT2D eigenvalue weighted by atomic mass is 32.2. The number of rotatable bonds is 2. The van der Waals surface area contributed by atoms with Crippen LogP contribution in [0.25, 0.3) is 0 Å². The monoisotopic (exact) mass is 297 g/mol. The van der Waals surface area contributed by atoms with Gasteiger partial charge in [0.2, 0.25) is 0 Å². The molecule has 1 aromatic rings. The third-order valence-electron chi connectivity index (χ3n) is 2.49. The van der Waals surface area contributed by atoms with E-state index in [2.05, 4.69) is 18.5 Å². The summed E-state index contributed by atoms with van der Waals surface area (Å²) in [6.07, 6.45) is 2.10. The molecule has 0 fully saturated rings. The fourth-order valence-electron chi connectivity index (χ4n) is 1.47. The van der Waals surface area contributed by atoms with Gasteiger partial charge < -0.3 is 10.4 Å². The molecule has 3 nitrogen and oxygen atoms in total. The van der Waals surface area contributed by atoms with E-state index in [1.165, 1.54) is 17.5 Å². The average molecular weight is 297 g/mol. The number of fused-ring (bicyclic) bond motifs is 1. The van der Waals surface area contributed by atoms with Crippen molar-refractivity contribution >= 4 is 35.2 Å². The first-order chi connectivity index (χ1) is 8.99. The van der Waals surface area contributed by atoms with E-state index in [1.54, 1.807) is 6.92 Å². The van der Waals surface area contributed by atoms with Crippen molar-refractivity contribution in [1.82, 2.24) is 0 Å². The number of aryl methyl sites for hydroxylation is 1. The van der Waals surface area contributed by atoms with E-state index in [0.29, 0.717) is 10.6 Å². The van der Waals surface area contributed by atoms with Gasteiger partial charge in [-0.3, -0.25) is 0 Å². The SMILES string of the molecule is CC1=C(C(=O)O)Sc2cc(C)ccc2N1.CCSC. The molecule has 0 amide bonds. The Morgan fingerprint density at radius 1 is 1.42 bits per heavy atom. The van der Waals surface area contributed by atoms with Gasteiger partial charge in [0.25, 0.3) is 0 Å². The number of nitrogens with one attached hydrogen (secondary N) is 1. The Morgan fingerprint density at radius 2 is 2.05 bits per heavy atom. The lowest BCUT2D eigenvalue weighted by atomic mass is 10.2. The molecule has 104 valence electrons. The maximum absolute atomic E-state index is 10.9. The molecule has 2 rings (SSSR count). The minimum Gasteiger partial charge on any atom is -0.477 e. The summed E-state index contributed by atoms with van der Waals surface area (Å²) >= 11 is 3.16. The van der Waals surface area contributed by atoms with Crippen molar-refractivity contribution in [3.63, 3.8) is 0 Å². The molecule has 0 radical (unpaired) electrons. The Morgan fingerprint density at radius 3 is 2.58 bits per heavy atom. The Labute approximate surface area is 122 Å². The summed E-state index contributed by atoms with van der Waals surface area (Å²) in [5, 5.41) is 12.1. The van der Waals surface area contributed by atoms with Gasteiger partial charge in [0.1, 0.15) is 4.91 Å². The third kappa shape index (κ3) is 4.51. The highest BCUT2D eigenvalue weighted by molar-refractivity contribution is 8.04. The zero-order chi connectivity index (χ0) is 14.4. The minimum absolute atomic E-state index is 0.369. The highest BCUT2D eigenvalue weighted by Crippen LogP contribution is 2.39. The Bertz CT molecular complexity index is 496. The zero-order valence-electron chi connectivity index (χ0n) is 11.6. The number of hydrogen-bond donors (Lipinski definition) is 2. The van der Waals surface area contributed by atoms with E-state index in [9.17, 15) is 4.79 Å². The second-order valence-electron chi connectivity index (χ2n) is 4.06. The summed E-state index contributed by atoms with van der Waals surface area (Å²) in [6, 6.07) is 5.97. The Kier molecular flexibility index (Phi) is 6.31. The van der Waals surface area contributed by atoms with Gasteiger partial charge in [0.05, 0.1) is 5.69 Å². The van der Waals surface area contributed by atoms with Gasteiger partial charge in [0.15, 0.2) is 0 Å². The van der Waals surface area contributed by atoms with Crippen LogP contribution in [-0.4, -0.2) is 23.1 Å². The van der Waals surface area contributed by atoms with Crippen LogP contribution in [0.1, 0.15) is 19.4 Å². The summed E-state index contributed by atoms with van der Waals surface area (Å²) in [7, 11) is 0. The normalized spacial score (nSPS) is 13.1. The fourth-order valence-corrected chi connectivity index (χ4v) is 2.45. The first kappa shape index (κ1) is 16.0. The zero-order valence-corrected chi connectivity index (χ0v) is 13.2. The molecule has 0 aromatic heterocycles. The van der Waals surface area contributed by atoms with Crippen LogP contribution in [0.5, 0.6) is 0 Å². The lowest BCUT2D eigenvalue weighted by Gasteiger charge is -2.20. The number of aliphatic carboxylic acids is 1. The molecule has 0 unspecified atom stereocenters. The van der Waals surface area contributed by atoms with Gasteiger partial charge in [-0.1, -0.05) is 24.8 Å². The molecule has 2 N–H and O–H groups in total. The standard InChI is InChI=1S/C11H11NO2S.C3H8S/c1-6-3-4-8-9(5-6)15-10(11(13)14)7(2)12-8;1-3-4-2/h3-5,12H,1-2H3,(H,13,14);3H2,1-2H3. The molecule has 0 atom stereocenters. The predicted octanol–water partition coefficient (Wildman–Crippen LogP) is 4.20. The van der Waals surface area contributed by atoms with Crippen LogP contribution in [-0.2, 0) is 4.79 Å². The number of benzene rings is 1. The lowest BCUT2D eigenvalue weighted by molar-refractivity contribution is -0.131. The van der Waals surface area contributed by atoms with E-state index in [-0.39, 0.29) is 0 Å². The van der Waals surface area contributed by atoms with Crippen molar-refractivity contribution in [2.45, 2.75) is 25.7 Å². The summed E-state index contributed by atoms with van der Waals surface area (Å²) in [5.41, 5.74) is 2.81. The first-order valence-electron chi connectivity index (χ1n) is 5.98. The van der Waals surface area contributed by atoms with E-state index >= 15 is 0 Å². The van der Waals surface area contributed by atoms with Crippen molar-refractivity contribution in [3.05, 3.63) is 34.4 Å². The van der Waals surface area contributed by atoms with Crippen molar-refractivity contribution in [2.75, 3.05) is 17.3 Å². The highest BCUT2D eigenvalue weighted by Gasteiger charge is 2.20. The van der Waals surface area contributed by atoms with E-state index in [1.807, 2.05) is 36.9 Å². The van der Waals surface area contributed by atoms with Crippen LogP contribution in [0.3, 0.4) is 0 Å². The molecular weight excluding hydrogens is 278 g/mol. The molecule has 0 bridgehead atoms. The van der Waals surface area contributed by atoms with Crippen molar-refractivity contribution in [2.24, 2.45) is 0 Å². The first-order valence-corrected chi connectivity index (χ1v) is 8.19. The number of carboxylic acid groups (broad SMARTS) is 1. The number of thioether (sulfide) groups is 2. The second kappa shape index (κ2) is 7.50. The molecule has 0 saturated heterocycles. The molecule has 19 heavy (non-hydrogen) atoms. The van der Waals surface area contributed by atoms with Crippen LogP contribution in [0.15, 0.2) is 33.7 Å². The fraction of sp³-hybridized carbons (Fsp3) is 0.357. The molecular formula is C14H19NO2S2. The van der Waals surface area contributed by atoms with Crippen molar-refractivity contribution < 1.29 is 9.90 Å². The van der Waals surface area contributed by atoms with Gasteiger partial charge in [-0.25, -0.2) is 4.79 Å². The van der Waals surface area contributed by atoms with Crippen molar-refractivity contribution in [1.29, 1.82) is 0 Å². The Balaban J connectivity index is 0.000000399. The maximum atomic E-state index is 10.9. The van der Waals surface area contributed by atoms with E-state index < -0.39 is 5.97 Å². The molecule has 5 heteroatoms. The number of anilines is 1. The van der Waals surface area contributed by atoms with Gasteiger partial charge in [-0.05, 0) is 43.6 Å². The smallest absolute Gasteiger partial charge is 0.344 e. The lowest BCUT2D eigenvalue weighted by Crippen LogP contribution is -2.10. The van der Waals surface area contributed by atoms with Crippen LogP contribution >= 0.6 is 23.5 Å². The predicted molar refractivity (Wildman–Crippen MR) is 85.1 cm³/mol. The minimum atomic E-state index is -0.878. The molecule has 1 heterocycles. The van der Waals surface area contributed by atoms with Crippen LogP contribution in [0.2, 0.25) is 0 Å². The molecule has 0 spiro atoms. The number of carbonyl (C=O) groups is 1. The number of hydrogen-bond acceptors (Lipinski definition) is 4. The number of allylic oxidation sites excluding steroid dienone is 1. The van der Waals surface area contributed by atoms with Crippen LogP contribution in [0.4, 0.5) is 5.69 Å². The molecule has 0 saturated carbocycles. The van der Waals surface area contributed by atoms with Crippen LogP contribution < -0.4 is 5.32 Å². The molecule has 0 aliphatic carbocycles. The molecule has 1 aliphatic rings.